The Bertz CT molecular complexity index is 657. The maximum Gasteiger partial charge on any atom is 0.310 e. The molecule has 0 bridgehead atoms. The van der Waals surface area contributed by atoms with Gasteiger partial charge in [0.05, 0.1) is 12.0 Å². The highest BCUT2D eigenvalue weighted by atomic mass is 127. The summed E-state index contributed by atoms with van der Waals surface area (Å²) in [5.41, 5.74) is -0.0761. The Morgan fingerprint density at radius 3 is 2.85 bits per heavy atom. The van der Waals surface area contributed by atoms with Crippen LogP contribution in [0.25, 0.3) is 11.4 Å². The van der Waals surface area contributed by atoms with Gasteiger partial charge in [-0.05, 0) is 65.1 Å². The summed E-state index contributed by atoms with van der Waals surface area (Å²) in [6.45, 7) is 3.49. The largest absolute Gasteiger partial charge is 0.481 e. The van der Waals surface area contributed by atoms with Gasteiger partial charge < -0.3 is 5.11 Å². The minimum Gasteiger partial charge on any atom is -0.481 e. The minimum absolute atomic E-state index is 0.202. The second-order valence-corrected chi connectivity index (χ2v) is 7.05. The standard InChI is InChI=1S/C12H12BrIN4O2/c1-12(2,11(19)20)6-18-10(15-16-17-18)8-5-7(13)3-4-9(8)14/h3-5H,6H2,1-2H3,(H,19,20). The first-order chi connectivity index (χ1) is 9.31. The fourth-order valence-electron chi connectivity index (χ4n) is 1.61. The number of rotatable bonds is 4. The average molecular weight is 451 g/mol. The number of nitrogens with zero attached hydrogens (tertiary/aromatic N) is 4. The summed E-state index contributed by atoms with van der Waals surface area (Å²) in [6.07, 6.45) is 0. The Labute approximate surface area is 137 Å². The first-order valence-corrected chi connectivity index (χ1v) is 7.63. The van der Waals surface area contributed by atoms with Gasteiger partial charge in [0.1, 0.15) is 0 Å². The number of aliphatic carboxylic acids is 1. The molecule has 1 heterocycles. The Morgan fingerprint density at radius 1 is 1.50 bits per heavy atom. The van der Waals surface area contributed by atoms with Gasteiger partial charge in [0.25, 0.3) is 0 Å². The lowest BCUT2D eigenvalue weighted by atomic mass is 9.94. The second-order valence-electron chi connectivity index (χ2n) is 4.97. The van der Waals surface area contributed by atoms with Crippen molar-refractivity contribution in [3.63, 3.8) is 0 Å². The molecule has 1 aromatic carbocycles. The number of hydrogen-bond acceptors (Lipinski definition) is 4. The van der Waals surface area contributed by atoms with E-state index in [-0.39, 0.29) is 6.54 Å². The number of hydrogen-bond donors (Lipinski definition) is 1. The summed E-state index contributed by atoms with van der Waals surface area (Å²) in [4.78, 5) is 11.2. The van der Waals surface area contributed by atoms with E-state index in [4.69, 9.17) is 0 Å². The van der Waals surface area contributed by atoms with Crippen molar-refractivity contribution in [2.24, 2.45) is 5.41 Å². The Balaban J connectivity index is 2.43. The van der Waals surface area contributed by atoms with Crippen LogP contribution in [0.15, 0.2) is 22.7 Å². The third-order valence-electron chi connectivity index (χ3n) is 2.83. The molecule has 6 nitrogen and oxygen atoms in total. The smallest absolute Gasteiger partial charge is 0.310 e. The number of benzene rings is 1. The van der Waals surface area contributed by atoms with Crippen LogP contribution in [0.5, 0.6) is 0 Å². The fraction of sp³-hybridized carbons (Fsp3) is 0.333. The van der Waals surface area contributed by atoms with Crippen molar-refractivity contribution in [3.05, 3.63) is 26.2 Å². The molecule has 2 rings (SSSR count). The van der Waals surface area contributed by atoms with E-state index >= 15 is 0 Å². The van der Waals surface area contributed by atoms with Crippen LogP contribution in [-0.4, -0.2) is 31.3 Å². The maximum absolute atomic E-state index is 11.2. The molecule has 0 saturated heterocycles. The predicted molar refractivity (Wildman–Crippen MR) is 85.1 cm³/mol. The van der Waals surface area contributed by atoms with Crippen molar-refractivity contribution in [1.82, 2.24) is 20.2 Å². The molecule has 0 amide bonds. The second kappa shape index (κ2) is 5.76. The van der Waals surface area contributed by atoms with Crippen LogP contribution in [0.3, 0.4) is 0 Å². The van der Waals surface area contributed by atoms with Gasteiger partial charge in [-0.3, -0.25) is 4.79 Å². The number of tetrazole rings is 1. The van der Waals surface area contributed by atoms with Crippen molar-refractivity contribution in [2.75, 3.05) is 0 Å². The summed E-state index contributed by atoms with van der Waals surface area (Å²) in [6, 6.07) is 5.79. The van der Waals surface area contributed by atoms with Crippen LogP contribution in [-0.2, 0) is 11.3 Å². The lowest BCUT2D eigenvalue weighted by molar-refractivity contribution is -0.147. The summed E-state index contributed by atoms with van der Waals surface area (Å²) >= 11 is 5.62. The third kappa shape index (κ3) is 3.17. The van der Waals surface area contributed by atoms with Crippen molar-refractivity contribution in [2.45, 2.75) is 20.4 Å². The van der Waals surface area contributed by atoms with Gasteiger partial charge >= 0.3 is 5.97 Å². The van der Waals surface area contributed by atoms with Crippen molar-refractivity contribution in [1.29, 1.82) is 0 Å². The van der Waals surface area contributed by atoms with E-state index in [9.17, 15) is 9.90 Å². The van der Waals surface area contributed by atoms with Gasteiger partial charge in [0.15, 0.2) is 5.82 Å². The summed E-state index contributed by atoms with van der Waals surface area (Å²) < 4.78 is 3.44. The first-order valence-electron chi connectivity index (χ1n) is 5.76. The normalized spacial score (nSPS) is 11.6. The van der Waals surface area contributed by atoms with E-state index in [0.29, 0.717) is 5.82 Å². The Hall–Kier alpha value is -1.03. The van der Waals surface area contributed by atoms with Gasteiger partial charge in [0.2, 0.25) is 0 Å². The lowest BCUT2D eigenvalue weighted by Gasteiger charge is -2.19. The van der Waals surface area contributed by atoms with Crippen LogP contribution >= 0.6 is 38.5 Å². The molecule has 2 aromatic rings. The molecule has 0 radical (unpaired) electrons. The van der Waals surface area contributed by atoms with E-state index in [1.807, 2.05) is 18.2 Å². The summed E-state index contributed by atoms with van der Waals surface area (Å²) in [5.74, 6) is -0.326. The number of aromatic nitrogens is 4. The summed E-state index contributed by atoms with van der Waals surface area (Å²) in [7, 11) is 0. The first kappa shape index (κ1) is 15.4. The van der Waals surface area contributed by atoms with Crippen LogP contribution < -0.4 is 0 Å². The monoisotopic (exact) mass is 450 g/mol. The lowest BCUT2D eigenvalue weighted by Crippen LogP contribution is -2.30. The van der Waals surface area contributed by atoms with Gasteiger partial charge in [0, 0.05) is 13.6 Å². The van der Waals surface area contributed by atoms with Gasteiger partial charge in [-0.25, -0.2) is 4.68 Å². The zero-order chi connectivity index (χ0) is 14.9. The maximum atomic E-state index is 11.2. The molecule has 106 valence electrons. The fourth-order valence-corrected chi connectivity index (χ4v) is 2.55. The van der Waals surface area contributed by atoms with Crippen molar-refractivity contribution in [3.8, 4) is 11.4 Å². The molecule has 1 aromatic heterocycles. The highest BCUT2D eigenvalue weighted by Gasteiger charge is 2.30. The number of carboxylic acids is 1. The number of carboxylic acid groups (broad SMARTS) is 1. The summed E-state index contributed by atoms with van der Waals surface area (Å²) in [5, 5.41) is 20.8. The molecule has 20 heavy (non-hydrogen) atoms. The van der Waals surface area contributed by atoms with E-state index in [1.165, 1.54) is 4.68 Å². The quantitative estimate of drug-likeness (QED) is 0.724. The molecule has 0 fully saturated rings. The van der Waals surface area contributed by atoms with Gasteiger partial charge in [-0.1, -0.05) is 15.9 Å². The highest BCUT2D eigenvalue weighted by Crippen LogP contribution is 2.28. The zero-order valence-corrected chi connectivity index (χ0v) is 14.6. The van der Waals surface area contributed by atoms with Gasteiger partial charge in [-0.2, -0.15) is 0 Å². The SMILES string of the molecule is CC(C)(Cn1nnnc1-c1cc(Br)ccc1I)C(=O)O. The predicted octanol–water partition coefficient (Wildman–Crippen LogP) is 2.82. The van der Waals surface area contributed by atoms with Crippen LogP contribution in [0, 0.1) is 8.99 Å². The van der Waals surface area contributed by atoms with Crippen LogP contribution in [0.2, 0.25) is 0 Å². The molecule has 0 saturated carbocycles. The minimum atomic E-state index is -0.943. The van der Waals surface area contributed by atoms with E-state index in [2.05, 4.69) is 54.0 Å². The molecule has 0 unspecified atom stereocenters. The third-order valence-corrected chi connectivity index (χ3v) is 4.26. The molecule has 0 aliphatic heterocycles. The van der Waals surface area contributed by atoms with Crippen LogP contribution in [0.4, 0.5) is 0 Å². The molecule has 0 atom stereocenters. The molecule has 1 N–H and O–H groups in total. The highest BCUT2D eigenvalue weighted by molar-refractivity contribution is 14.1. The molecular formula is C12H12BrIN4O2. The van der Waals surface area contributed by atoms with Gasteiger partial charge in [-0.15, -0.1) is 5.10 Å². The van der Waals surface area contributed by atoms with Crippen molar-refractivity contribution < 1.29 is 9.90 Å². The Morgan fingerprint density at radius 2 is 2.20 bits per heavy atom. The number of halogens is 2. The topological polar surface area (TPSA) is 80.9 Å². The molecule has 0 aliphatic carbocycles. The molecule has 0 aliphatic rings. The van der Waals surface area contributed by atoms with E-state index in [1.54, 1.807) is 13.8 Å². The Kier molecular flexibility index (Phi) is 4.43. The zero-order valence-electron chi connectivity index (χ0n) is 10.8. The van der Waals surface area contributed by atoms with E-state index < -0.39 is 11.4 Å². The number of carbonyl (C=O) groups is 1. The van der Waals surface area contributed by atoms with Crippen LogP contribution in [0.1, 0.15) is 13.8 Å². The average Bonchev–Trinajstić information content (AvgIpc) is 2.79. The van der Waals surface area contributed by atoms with Crippen molar-refractivity contribution >= 4 is 44.5 Å². The van der Waals surface area contributed by atoms with E-state index in [0.717, 1.165) is 13.6 Å². The molecule has 8 heteroatoms. The molecule has 0 spiro atoms. The molecular weight excluding hydrogens is 439 g/mol.